The Hall–Kier alpha value is -2.23. The number of nitrogens with zero attached hydrogens (tertiary/aromatic N) is 4. The molecule has 2 aliphatic rings. The van der Waals surface area contributed by atoms with Gasteiger partial charge in [-0.15, -0.1) is 0 Å². The quantitative estimate of drug-likeness (QED) is 0.734. The minimum absolute atomic E-state index is 0.129. The zero-order valence-electron chi connectivity index (χ0n) is 14.8. The van der Waals surface area contributed by atoms with Crippen molar-refractivity contribution in [1.29, 1.82) is 0 Å². The Morgan fingerprint density at radius 2 is 2.00 bits per heavy atom. The molecule has 0 amide bonds. The van der Waals surface area contributed by atoms with Crippen LogP contribution in [0.15, 0.2) is 35.0 Å². The molecule has 1 aromatic carbocycles. The predicted molar refractivity (Wildman–Crippen MR) is 99.2 cm³/mol. The lowest BCUT2D eigenvalue weighted by molar-refractivity contribution is 0.257. The maximum absolute atomic E-state index is 12.9. The van der Waals surface area contributed by atoms with Crippen molar-refractivity contribution in [3.63, 3.8) is 0 Å². The normalized spacial score (nSPS) is 19.0. The van der Waals surface area contributed by atoms with Gasteiger partial charge in [0.1, 0.15) is 11.4 Å². The molecule has 0 saturated carbocycles. The molecule has 0 bridgehead atoms. The average molecular weight is 387 g/mol. The van der Waals surface area contributed by atoms with Crippen molar-refractivity contribution in [2.75, 3.05) is 13.1 Å². The van der Waals surface area contributed by atoms with Gasteiger partial charge >= 0.3 is 0 Å². The van der Waals surface area contributed by atoms with Crippen molar-refractivity contribution in [2.45, 2.75) is 37.7 Å². The summed E-state index contributed by atoms with van der Waals surface area (Å²) in [6.07, 6.45) is 3.47. The van der Waals surface area contributed by atoms with Crippen LogP contribution < -0.4 is 5.32 Å². The van der Waals surface area contributed by atoms with Gasteiger partial charge in [-0.05, 0) is 25.0 Å². The smallest absolute Gasteiger partial charge is 0.220 e. The Morgan fingerprint density at radius 3 is 2.85 bits per heavy atom. The van der Waals surface area contributed by atoms with Gasteiger partial charge < -0.3 is 9.84 Å². The zero-order chi connectivity index (χ0) is 18.4. The van der Waals surface area contributed by atoms with Gasteiger partial charge in [0.05, 0.1) is 17.9 Å². The first-order valence-corrected chi connectivity index (χ1v) is 10.8. The van der Waals surface area contributed by atoms with Crippen molar-refractivity contribution >= 4 is 21.0 Å². The maximum Gasteiger partial charge on any atom is 0.220 e. The lowest BCUT2D eigenvalue weighted by atomic mass is 10.1. The van der Waals surface area contributed by atoms with E-state index in [2.05, 4.69) is 20.3 Å². The second-order valence-electron chi connectivity index (χ2n) is 7.18. The standard InChI is InChI=1S/C18H21N5O3S/c24-27(25,12-16-15-3-1-2-4-18(15)26-21-16)22-7-5-14(6-8-22)23-17-11-19-9-13(17)10-20-23/h1-4,10,14,19H,5-9,11-12H2. The molecule has 1 N–H and O–H groups in total. The van der Waals surface area contributed by atoms with Gasteiger partial charge in [-0.3, -0.25) is 4.68 Å². The van der Waals surface area contributed by atoms with Crippen LogP contribution in [-0.2, 0) is 28.9 Å². The van der Waals surface area contributed by atoms with E-state index >= 15 is 0 Å². The summed E-state index contributed by atoms with van der Waals surface area (Å²) in [6, 6.07) is 7.60. The van der Waals surface area contributed by atoms with E-state index in [1.807, 2.05) is 24.4 Å². The Kier molecular flexibility index (Phi) is 4.03. The SMILES string of the molecule is O=S(=O)(Cc1noc2ccccc12)N1CCC(n2ncc3c2CNC3)CC1. The van der Waals surface area contributed by atoms with Gasteiger partial charge in [0.25, 0.3) is 0 Å². The third kappa shape index (κ3) is 2.95. The molecule has 2 aliphatic heterocycles. The summed E-state index contributed by atoms with van der Waals surface area (Å²) >= 11 is 0. The lowest BCUT2D eigenvalue weighted by Gasteiger charge is -2.31. The molecule has 3 aromatic rings. The van der Waals surface area contributed by atoms with Crippen LogP contribution in [0.3, 0.4) is 0 Å². The van der Waals surface area contributed by atoms with E-state index in [1.54, 1.807) is 10.4 Å². The number of hydrogen-bond acceptors (Lipinski definition) is 6. The summed E-state index contributed by atoms with van der Waals surface area (Å²) in [7, 11) is -3.43. The summed E-state index contributed by atoms with van der Waals surface area (Å²) < 4.78 is 34.7. The summed E-state index contributed by atoms with van der Waals surface area (Å²) in [5, 5.41) is 12.6. The molecule has 1 saturated heterocycles. The monoisotopic (exact) mass is 387 g/mol. The van der Waals surface area contributed by atoms with Crippen LogP contribution in [-0.4, -0.2) is 40.7 Å². The number of rotatable bonds is 4. The number of piperidine rings is 1. The van der Waals surface area contributed by atoms with Crippen LogP contribution in [0.4, 0.5) is 0 Å². The molecular formula is C18H21N5O3S. The Balaban J connectivity index is 1.29. The molecule has 5 rings (SSSR count). The van der Waals surface area contributed by atoms with Gasteiger partial charge in [-0.1, -0.05) is 17.3 Å². The van der Waals surface area contributed by atoms with Crippen LogP contribution in [0, 0.1) is 0 Å². The first kappa shape index (κ1) is 16.9. The van der Waals surface area contributed by atoms with E-state index in [0.29, 0.717) is 24.4 Å². The van der Waals surface area contributed by atoms with Crippen LogP contribution >= 0.6 is 0 Å². The zero-order valence-corrected chi connectivity index (χ0v) is 15.7. The molecule has 27 heavy (non-hydrogen) atoms. The van der Waals surface area contributed by atoms with E-state index in [0.717, 1.165) is 31.3 Å². The Morgan fingerprint density at radius 1 is 1.19 bits per heavy atom. The van der Waals surface area contributed by atoms with Crippen molar-refractivity contribution in [1.82, 2.24) is 24.6 Å². The molecule has 2 aromatic heterocycles. The van der Waals surface area contributed by atoms with Gasteiger partial charge in [0.15, 0.2) is 5.58 Å². The van der Waals surface area contributed by atoms with Crippen molar-refractivity contribution in [3.8, 4) is 0 Å². The van der Waals surface area contributed by atoms with Crippen LogP contribution in [0.2, 0.25) is 0 Å². The van der Waals surface area contributed by atoms with E-state index < -0.39 is 10.0 Å². The number of fused-ring (bicyclic) bond motifs is 2. The van der Waals surface area contributed by atoms with E-state index in [9.17, 15) is 8.42 Å². The minimum atomic E-state index is -3.43. The number of benzene rings is 1. The highest BCUT2D eigenvalue weighted by atomic mass is 32.2. The lowest BCUT2D eigenvalue weighted by Crippen LogP contribution is -2.40. The summed E-state index contributed by atoms with van der Waals surface area (Å²) in [4.78, 5) is 0. The molecule has 0 aliphatic carbocycles. The van der Waals surface area contributed by atoms with Crippen molar-refractivity contribution < 1.29 is 12.9 Å². The summed E-state index contributed by atoms with van der Waals surface area (Å²) in [5.41, 5.74) is 3.58. The average Bonchev–Trinajstić information content (AvgIpc) is 3.38. The second-order valence-corrected chi connectivity index (χ2v) is 9.15. The first-order valence-electron chi connectivity index (χ1n) is 9.19. The maximum atomic E-state index is 12.9. The minimum Gasteiger partial charge on any atom is -0.356 e. The molecule has 8 nitrogen and oxygen atoms in total. The van der Waals surface area contributed by atoms with E-state index in [-0.39, 0.29) is 11.8 Å². The number of hydrogen-bond donors (Lipinski definition) is 1. The fourth-order valence-corrected chi connectivity index (χ4v) is 5.57. The molecule has 0 atom stereocenters. The highest BCUT2D eigenvalue weighted by Gasteiger charge is 2.32. The third-order valence-corrected chi connectivity index (χ3v) is 7.32. The van der Waals surface area contributed by atoms with Crippen LogP contribution in [0.5, 0.6) is 0 Å². The number of aromatic nitrogens is 3. The second kappa shape index (κ2) is 6.43. The van der Waals surface area contributed by atoms with E-state index in [1.165, 1.54) is 11.3 Å². The summed E-state index contributed by atoms with van der Waals surface area (Å²) in [6.45, 7) is 2.72. The molecule has 1 fully saturated rings. The van der Waals surface area contributed by atoms with Gasteiger partial charge in [0, 0.05) is 37.1 Å². The molecule has 0 spiro atoms. The first-order chi connectivity index (χ1) is 13.1. The highest BCUT2D eigenvalue weighted by molar-refractivity contribution is 7.88. The van der Waals surface area contributed by atoms with Gasteiger partial charge in [-0.25, -0.2) is 12.7 Å². The molecule has 9 heteroatoms. The third-order valence-electron chi connectivity index (χ3n) is 5.53. The fraction of sp³-hybridized carbons (Fsp3) is 0.444. The molecule has 142 valence electrons. The predicted octanol–water partition coefficient (Wildman–Crippen LogP) is 1.79. The number of nitrogens with one attached hydrogen (secondary N) is 1. The largest absolute Gasteiger partial charge is 0.356 e. The Bertz CT molecular complexity index is 1080. The topological polar surface area (TPSA) is 93.3 Å². The number of sulfonamides is 1. The van der Waals surface area contributed by atoms with Crippen molar-refractivity contribution in [3.05, 3.63) is 47.4 Å². The molecular weight excluding hydrogens is 366 g/mol. The van der Waals surface area contributed by atoms with E-state index in [4.69, 9.17) is 4.52 Å². The van der Waals surface area contributed by atoms with Gasteiger partial charge in [-0.2, -0.15) is 5.10 Å². The number of para-hydroxylation sites is 1. The fourth-order valence-electron chi connectivity index (χ4n) is 4.07. The molecule has 0 unspecified atom stereocenters. The Labute approximate surface area is 157 Å². The molecule has 0 radical (unpaired) electrons. The van der Waals surface area contributed by atoms with Crippen LogP contribution in [0.25, 0.3) is 11.0 Å². The highest BCUT2D eigenvalue weighted by Crippen LogP contribution is 2.29. The van der Waals surface area contributed by atoms with Gasteiger partial charge in [0.2, 0.25) is 10.0 Å². The van der Waals surface area contributed by atoms with Crippen LogP contribution in [0.1, 0.15) is 35.8 Å². The molecule has 4 heterocycles. The van der Waals surface area contributed by atoms with Crippen molar-refractivity contribution in [2.24, 2.45) is 0 Å². The summed E-state index contributed by atoms with van der Waals surface area (Å²) in [5.74, 6) is -0.129.